The third kappa shape index (κ3) is 5.78. The minimum Gasteiger partial charge on any atom is -0.489 e. The van der Waals surface area contributed by atoms with Gasteiger partial charge in [0.05, 0.1) is 37.4 Å². The molecular weight excluding hydrogens is 510 g/mol. The Morgan fingerprint density at radius 2 is 2.00 bits per heavy atom. The van der Waals surface area contributed by atoms with Crippen molar-refractivity contribution in [2.24, 2.45) is 5.92 Å². The molecule has 208 valence electrons. The van der Waals surface area contributed by atoms with Gasteiger partial charge in [-0.2, -0.15) is 13.2 Å². The number of aromatic nitrogens is 1. The van der Waals surface area contributed by atoms with Crippen molar-refractivity contribution in [3.8, 4) is 5.75 Å². The van der Waals surface area contributed by atoms with Gasteiger partial charge in [0.1, 0.15) is 12.7 Å². The highest BCUT2D eigenvalue weighted by Gasteiger charge is 2.65. The van der Waals surface area contributed by atoms with Gasteiger partial charge in [-0.15, -0.1) is 0 Å². The Hall–Kier alpha value is -2.80. The van der Waals surface area contributed by atoms with Gasteiger partial charge < -0.3 is 24.6 Å². The first kappa shape index (κ1) is 28.2. The second-order valence-electron chi connectivity index (χ2n) is 9.60. The molecule has 38 heavy (non-hydrogen) atoms. The van der Waals surface area contributed by atoms with Gasteiger partial charge in [-0.3, -0.25) is 14.7 Å². The molecule has 0 radical (unpaired) electrons. The number of amides is 1. The van der Waals surface area contributed by atoms with Crippen molar-refractivity contribution in [3.05, 3.63) is 53.6 Å². The Morgan fingerprint density at radius 1 is 1.26 bits per heavy atom. The lowest BCUT2D eigenvalue weighted by molar-refractivity contribution is -0.272. The standard InChI is InChI=1S/C26H31F4N3O5/c1-16-21(19-4-3-5-20(27)22(19)37-13-10-33-8-11-36-12-9-33)23(38-25(16,2)26(28,29)30)24(35)32-17-6-7-18(15-34)31-14-17/h3-7,14,16,21,23,34H,8-13,15H2,1-2H3,(H,32,35)/t16-,21-,23+,25+/m0/s1. The van der Waals surface area contributed by atoms with Crippen molar-refractivity contribution in [1.82, 2.24) is 9.88 Å². The van der Waals surface area contributed by atoms with Crippen LogP contribution in [0.1, 0.15) is 31.0 Å². The molecule has 2 aromatic rings. The van der Waals surface area contributed by atoms with Crippen LogP contribution in [0, 0.1) is 11.7 Å². The number of anilines is 1. The fourth-order valence-electron chi connectivity index (χ4n) is 4.87. The Balaban J connectivity index is 1.63. The molecule has 0 saturated carbocycles. The first-order chi connectivity index (χ1) is 18.0. The highest BCUT2D eigenvalue weighted by molar-refractivity contribution is 5.95. The predicted molar refractivity (Wildman–Crippen MR) is 129 cm³/mol. The number of hydrogen-bond acceptors (Lipinski definition) is 7. The normalized spacial score (nSPS) is 26.3. The zero-order chi connectivity index (χ0) is 27.5. The maximum absolute atomic E-state index is 15.0. The quantitative estimate of drug-likeness (QED) is 0.495. The third-order valence-electron chi connectivity index (χ3n) is 7.30. The highest BCUT2D eigenvalue weighted by atomic mass is 19.4. The lowest BCUT2D eigenvalue weighted by atomic mass is 9.77. The van der Waals surface area contributed by atoms with E-state index in [9.17, 15) is 18.0 Å². The molecule has 4 rings (SSSR count). The predicted octanol–water partition coefficient (Wildman–Crippen LogP) is 3.50. The zero-order valence-electron chi connectivity index (χ0n) is 21.1. The van der Waals surface area contributed by atoms with E-state index < -0.39 is 41.4 Å². The van der Waals surface area contributed by atoms with Gasteiger partial charge in [0.15, 0.2) is 17.2 Å². The molecule has 2 aliphatic rings. The van der Waals surface area contributed by atoms with Crippen LogP contribution in [-0.2, 0) is 20.9 Å². The molecule has 2 N–H and O–H groups in total. The van der Waals surface area contributed by atoms with Crippen molar-refractivity contribution in [2.45, 2.75) is 44.3 Å². The Kier molecular flexibility index (Phi) is 8.55. The van der Waals surface area contributed by atoms with Crippen molar-refractivity contribution < 1.29 is 41.7 Å². The maximum atomic E-state index is 15.0. The van der Waals surface area contributed by atoms with Gasteiger partial charge in [-0.25, -0.2) is 4.39 Å². The van der Waals surface area contributed by atoms with Gasteiger partial charge in [0.2, 0.25) is 0 Å². The van der Waals surface area contributed by atoms with Gasteiger partial charge in [-0.1, -0.05) is 19.1 Å². The van der Waals surface area contributed by atoms with E-state index in [1.807, 2.05) is 0 Å². The zero-order valence-corrected chi connectivity index (χ0v) is 21.1. The van der Waals surface area contributed by atoms with Crippen LogP contribution in [0.3, 0.4) is 0 Å². The molecule has 0 bridgehead atoms. The second-order valence-corrected chi connectivity index (χ2v) is 9.60. The summed E-state index contributed by atoms with van der Waals surface area (Å²) >= 11 is 0. The van der Waals surface area contributed by atoms with E-state index in [2.05, 4.69) is 15.2 Å². The lowest BCUT2D eigenvalue weighted by Gasteiger charge is -2.32. The summed E-state index contributed by atoms with van der Waals surface area (Å²) in [4.78, 5) is 19.3. The highest BCUT2D eigenvalue weighted by Crippen LogP contribution is 2.54. The van der Waals surface area contributed by atoms with Crippen LogP contribution in [0.15, 0.2) is 36.5 Å². The molecule has 2 fully saturated rings. The number of pyridine rings is 1. The Labute approximate surface area is 217 Å². The van der Waals surface area contributed by atoms with E-state index in [4.69, 9.17) is 19.3 Å². The smallest absolute Gasteiger partial charge is 0.417 e. The maximum Gasteiger partial charge on any atom is 0.417 e. The van der Waals surface area contributed by atoms with E-state index in [1.54, 1.807) is 0 Å². The molecule has 2 aliphatic heterocycles. The number of carbonyl (C=O) groups is 1. The van der Waals surface area contributed by atoms with E-state index in [1.165, 1.54) is 43.5 Å². The summed E-state index contributed by atoms with van der Waals surface area (Å²) in [6.07, 6.45) is -5.12. The van der Waals surface area contributed by atoms with Crippen molar-refractivity contribution in [1.29, 1.82) is 0 Å². The van der Waals surface area contributed by atoms with Gasteiger partial charge in [0.25, 0.3) is 5.91 Å². The molecule has 12 heteroatoms. The van der Waals surface area contributed by atoms with Crippen LogP contribution in [-0.4, -0.2) is 78.2 Å². The fraction of sp³-hybridized carbons (Fsp3) is 0.538. The second kappa shape index (κ2) is 11.5. The number of nitrogens with zero attached hydrogens (tertiary/aromatic N) is 2. The largest absolute Gasteiger partial charge is 0.489 e. The summed E-state index contributed by atoms with van der Waals surface area (Å²) in [6.45, 7) is 5.06. The number of hydrogen-bond donors (Lipinski definition) is 2. The Morgan fingerprint density at radius 3 is 2.63 bits per heavy atom. The first-order valence-corrected chi connectivity index (χ1v) is 12.4. The number of morpholine rings is 1. The van der Waals surface area contributed by atoms with Crippen LogP contribution >= 0.6 is 0 Å². The van der Waals surface area contributed by atoms with Gasteiger partial charge in [0, 0.05) is 37.0 Å². The van der Waals surface area contributed by atoms with Crippen LogP contribution in [0.25, 0.3) is 0 Å². The third-order valence-corrected chi connectivity index (χ3v) is 7.30. The summed E-state index contributed by atoms with van der Waals surface area (Å²) in [5.41, 5.74) is -1.98. The average molecular weight is 542 g/mol. The first-order valence-electron chi connectivity index (χ1n) is 12.4. The SMILES string of the molecule is C[C@H]1[C@@H](c2cccc(F)c2OCCN2CCOCC2)[C@H](C(=O)Nc2ccc(CO)nc2)O[C@@]1(C)C(F)(F)F. The molecule has 0 aliphatic carbocycles. The van der Waals surface area contributed by atoms with Crippen LogP contribution < -0.4 is 10.1 Å². The molecule has 3 heterocycles. The molecular formula is C26H31F4N3O5. The summed E-state index contributed by atoms with van der Waals surface area (Å²) in [5, 5.41) is 11.7. The molecule has 8 nitrogen and oxygen atoms in total. The number of ether oxygens (including phenoxy) is 3. The minimum atomic E-state index is -4.80. The number of alkyl halides is 3. The molecule has 1 aromatic carbocycles. The van der Waals surface area contributed by atoms with Crippen molar-refractivity contribution in [2.75, 3.05) is 44.8 Å². The Bertz CT molecular complexity index is 1110. The average Bonchev–Trinajstić information content (AvgIpc) is 3.17. The fourth-order valence-corrected chi connectivity index (χ4v) is 4.87. The summed E-state index contributed by atoms with van der Waals surface area (Å²) in [6, 6.07) is 6.95. The number of halogens is 4. The summed E-state index contributed by atoms with van der Waals surface area (Å²) < 4.78 is 74.2. The van der Waals surface area contributed by atoms with Crippen LogP contribution in [0.5, 0.6) is 5.75 Å². The number of aliphatic hydroxyl groups excluding tert-OH is 1. The number of nitrogens with one attached hydrogen (secondary N) is 1. The molecule has 0 unspecified atom stereocenters. The molecule has 4 atom stereocenters. The number of rotatable bonds is 8. The monoisotopic (exact) mass is 541 g/mol. The number of aliphatic hydroxyl groups is 1. The van der Waals surface area contributed by atoms with Crippen molar-refractivity contribution >= 4 is 11.6 Å². The summed E-state index contributed by atoms with van der Waals surface area (Å²) in [7, 11) is 0. The topological polar surface area (TPSA) is 93.2 Å². The van der Waals surface area contributed by atoms with E-state index >= 15 is 4.39 Å². The minimum absolute atomic E-state index is 0.103. The molecule has 1 aromatic heterocycles. The van der Waals surface area contributed by atoms with E-state index in [0.717, 1.165) is 6.92 Å². The lowest BCUT2D eigenvalue weighted by Crippen LogP contribution is -2.47. The molecule has 1 amide bonds. The van der Waals surface area contributed by atoms with Gasteiger partial charge in [-0.05, 0) is 25.1 Å². The van der Waals surface area contributed by atoms with E-state index in [0.29, 0.717) is 38.5 Å². The number of carbonyl (C=O) groups excluding carboxylic acids is 1. The van der Waals surface area contributed by atoms with Crippen LogP contribution in [0.4, 0.5) is 23.2 Å². The van der Waals surface area contributed by atoms with Crippen molar-refractivity contribution in [3.63, 3.8) is 0 Å². The van der Waals surface area contributed by atoms with E-state index in [-0.39, 0.29) is 30.2 Å². The molecule has 0 spiro atoms. The summed E-state index contributed by atoms with van der Waals surface area (Å²) in [5.74, 6) is -4.19. The van der Waals surface area contributed by atoms with Crippen LogP contribution in [0.2, 0.25) is 0 Å². The molecule has 2 saturated heterocycles. The van der Waals surface area contributed by atoms with Gasteiger partial charge >= 0.3 is 6.18 Å². The number of benzene rings is 1. The number of para-hydroxylation sites is 1.